The molecule has 0 heterocycles. The van der Waals surface area contributed by atoms with Crippen molar-refractivity contribution in [2.75, 3.05) is 0 Å². The van der Waals surface area contributed by atoms with Gasteiger partial charge in [-0.25, -0.2) is 0 Å². The Kier molecular flexibility index (Phi) is 5.21. The van der Waals surface area contributed by atoms with Gasteiger partial charge in [0.25, 0.3) is 0 Å². The van der Waals surface area contributed by atoms with Gasteiger partial charge in [-0.05, 0) is 41.5 Å². The quantitative estimate of drug-likeness (QED) is 0.640. The van der Waals surface area contributed by atoms with Gasteiger partial charge in [-0.2, -0.15) is 0 Å². The van der Waals surface area contributed by atoms with Crippen LogP contribution in [0, 0.1) is 0 Å². The molecule has 19 heavy (non-hydrogen) atoms. The van der Waals surface area contributed by atoms with Gasteiger partial charge in [0.2, 0.25) is 0 Å². The van der Waals surface area contributed by atoms with Crippen molar-refractivity contribution < 1.29 is 0 Å². The first-order valence-corrected chi connectivity index (χ1v) is 7.95. The molecule has 0 radical (unpaired) electrons. The van der Waals surface area contributed by atoms with Gasteiger partial charge in [-0.3, -0.25) is 0 Å². The summed E-state index contributed by atoms with van der Waals surface area (Å²) in [4.78, 5) is 0.399. The van der Waals surface area contributed by atoms with Gasteiger partial charge in [-0.1, -0.05) is 78.3 Å². The lowest BCUT2D eigenvalue weighted by molar-refractivity contribution is 0.914. The predicted molar refractivity (Wildman–Crippen MR) is 87.0 cm³/mol. The average molecular weight is 317 g/mol. The van der Waals surface area contributed by atoms with E-state index >= 15 is 0 Å². The van der Waals surface area contributed by atoms with Crippen LogP contribution in [0.3, 0.4) is 0 Å². The lowest BCUT2D eigenvalue weighted by atomic mass is 9.95. The summed E-state index contributed by atoms with van der Waals surface area (Å²) >= 11 is 3.88. The molecule has 0 fully saturated rings. The molecular weight excluding hydrogens is 296 g/mol. The Balaban J connectivity index is 2.24. The first-order chi connectivity index (χ1) is 9.24. The van der Waals surface area contributed by atoms with E-state index in [-0.39, 0.29) is 0 Å². The highest BCUT2D eigenvalue weighted by atomic mass is 79.9. The topological polar surface area (TPSA) is 0 Å². The summed E-state index contributed by atoms with van der Waals surface area (Å²) in [6, 6.07) is 17.6. The molecule has 1 unspecified atom stereocenters. The highest BCUT2D eigenvalue weighted by Gasteiger charge is 2.12. The van der Waals surface area contributed by atoms with E-state index in [0.717, 1.165) is 19.3 Å². The first-order valence-electron chi connectivity index (χ1n) is 7.04. The number of hydrogen-bond acceptors (Lipinski definition) is 0. The summed E-state index contributed by atoms with van der Waals surface area (Å²) < 4.78 is 0. The van der Waals surface area contributed by atoms with E-state index in [2.05, 4.69) is 78.3 Å². The first kappa shape index (κ1) is 14.3. The SMILES string of the molecule is CCc1ccc(CC)c(C(Br)Cc2ccccc2)c1. The molecule has 0 aliphatic carbocycles. The van der Waals surface area contributed by atoms with Crippen LogP contribution in [0.15, 0.2) is 48.5 Å². The maximum atomic E-state index is 3.88. The molecule has 0 bridgehead atoms. The van der Waals surface area contributed by atoms with Crippen molar-refractivity contribution in [2.24, 2.45) is 0 Å². The summed E-state index contributed by atoms with van der Waals surface area (Å²) in [5.41, 5.74) is 5.71. The Morgan fingerprint density at radius 3 is 2.26 bits per heavy atom. The Morgan fingerprint density at radius 2 is 1.63 bits per heavy atom. The zero-order valence-electron chi connectivity index (χ0n) is 11.7. The monoisotopic (exact) mass is 316 g/mol. The third-order valence-corrected chi connectivity index (χ3v) is 4.41. The van der Waals surface area contributed by atoms with Crippen LogP contribution >= 0.6 is 15.9 Å². The Morgan fingerprint density at radius 1 is 0.895 bits per heavy atom. The highest BCUT2D eigenvalue weighted by molar-refractivity contribution is 9.09. The molecular formula is C18H21Br. The van der Waals surface area contributed by atoms with Gasteiger partial charge < -0.3 is 0 Å². The molecule has 0 N–H and O–H groups in total. The van der Waals surface area contributed by atoms with E-state index in [1.165, 1.54) is 22.3 Å². The minimum absolute atomic E-state index is 0.399. The second kappa shape index (κ2) is 6.91. The molecule has 1 atom stereocenters. The van der Waals surface area contributed by atoms with E-state index in [9.17, 15) is 0 Å². The van der Waals surface area contributed by atoms with Gasteiger partial charge in [0.1, 0.15) is 0 Å². The molecule has 0 saturated carbocycles. The average Bonchev–Trinajstić information content (AvgIpc) is 2.47. The van der Waals surface area contributed by atoms with E-state index in [4.69, 9.17) is 0 Å². The number of halogens is 1. The fourth-order valence-electron chi connectivity index (χ4n) is 2.41. The van der Waals surface area contributed by atoms with Crippen LogP contribution in [-0.4, -0.2) is 0 Å². The Hall–Kier alpha value is -1.08. The van der Waals surface area contributed by atoms with Crippen LogP contribution in [0.2, 0.25) is 0 Å². The third kappa shape index (κ3) is 3.70. The van der Waals surface area contributed by atoms with Gasteiger partial charge in [0.05, 0.1) is 0 Å². The Labute approximate surface area is 125 Å². The van der Waals surface area contributed by atoms with Crippen molar-refractivity contribution in [1.82, 2.24) is 0 Å². The third-order valence-electron chi connectivity index (χ3n) is 3.59. The second-order valence-corrected chi connectivity index (χ2v) is 6.00. The number of hydrogen-bond donors (Lipinski definition) is 0. The van der Waals surface area contributed by atoms with E-state index in [1.54, 1.807) is 0 Å². The molecule has 0 saturated heterocycles. The lowest BCUT2D eigenvalue weighted by Crippen LogP contribution is -2.01. The van der Waals surface area contributed by atoms with E-state index in [0.29, 0.717) is 4.83 Å². The molecule has 0 aliphatic heterocycles. The zero-order valence-corrected chi connectivity index (χ0v) is 13.3. The summed E-state index contributed by atoms with van der Waals surface area (Å²) in [6.07, 6.45) is 3.24. The van der Waals surface area contributed by atoms with Crippen molar-refractivity contribution in [2.45, 2.75) is 37.9 Å². The molecule has 0 aliphatic rings. The van der Waals surface area contributed by atoms with Gasteiger partial charge >= 0.3 is 0 Å². The number of alkyl halides is 1. The Bertz CT molecular complexity index is 516. The molecule has 2 rings (SSSR count). The van der Waals surface area contributed by atoms with Gasteiger partial charge in [0.15, 0.2) is 0 Å². The molecule has 2 aromatic carbocycles. The fraction of sp³-hybridized carbons (Fsp3) is 0.333. The highest BCUT2D eigenvalue weighted by Crippen LogP contribution is 2.31. The molecule has 0 aromatic heterocycles. The molecule has 100 valence electrons. The summed E-state index contributed by atoms with van der Waals surface area (Å²) in [5.74, 6) is 0. The normalized spacial score (nSPS) is 12.4. The number of rotatable bonds is 5. The van der Waals surface area contributed by atoms with E-state index < -0.39 is 0 Å². The fourth-order valence-corrected chi connectivity index (χ4v) is 3.21. The largest absolute Gasteiger partial charge is 0.0835 e. The van der Waals surface area contributed by atoms with Crippen molar-refractivity contribution in [1.29, 1.82) is 0 Å². The molecule has 1 heteroatoms. The van der Waals surface area contributed by atoms with Gasteiger partial charge in [0, 0.05) is 4.83 Å². The zero-order chi connectivity index (χ0) is 13.7. The van der Waals surface area contributed by atoms with Crippen LogP contribution in [-0.2, 0) is 19.3 Å². The second-order valence-electron chi connectivity index (χ2n) is 4.90. The van der Waals surface area contributed by atoms with Crippen LogP contribution in [0.4, 0.5) is 0 Å². The van der Waals surface area contributed by atoms with E-state index in [1.807, 2.05) is 0 Å². The number of aryl methyl sites for hydroxylation is 2. The van der Waals surface area contributed by atoms with Crippen molar-refractivity contribution in [3.05, 3.63) is 70.8 Å². The maximum Gasteiger partial charge on any atom is 0.0438 e. The van der Waals surface area contributed by atoms with Crippen LogP contribution < -0.4 is 0 Å². The van der Waals surface area contributed by atoms with Gasteiger partial charge in [-0.15, -0.1) is 0 Å². The van der Waals surface area contributed by atoms with Crippen molar-refractivity contribution in [3.63, 3.8) is 0 Å². The smallest absolute Gasteiger partial charge is 0.0438 e. The van der Waals surface area contributed by atoms with Crippen molar-refractivity contribution in [3.8, 4) is 0 Å². The molecule has 0 amide bonds. The van der Waals surface area contributed by atoms with Crippen molar-refractivity contribution >= 4 is 15.9 Å². The number of benzene rings is 2. The predicted octanol–water partition coefficient (Wildman–Crippen LogP) is 5.49. The minimum Gasteiger partial charge on any atom is -0.0835 e. The summed E-state index contributed by atoms with van der Waals surface area (Å²) in [6.45, 7) is 4.44. The van der Waals surface area contributed by atoms with Crippen LogP contribution in [0.1, 0.15) is 40.9 Å². The summed E-state index contributed by atoms with van der Waals surface area (Å²) in [5, 5.41) is 0. The molecule has 2 aromatic rings. The van der Waals surface area contributed by atoms with Crippen LogP contribution in [0.25, 0.3) is 0 Å². The molecule has 0 nitrogen and oxygen atoms in total. The van der Waals surface area contributed by atoms with Crippen LogP contribution in [0.5, 0.6) is 0 Å². The summed E-state index contributed by atoms with van der Waals surface area (Å²) in [7, 11) is 0. The lowest BCUT2D eigenvalue weighted by Gasteiger charge is -2.16. The maximum absolute atomic E-state index is 3.88. The molecule has 0 spiro atoms. The minimum atomic E-state index is 0.399. The standard InChI is InChI=1S/C18H21Br/c1-3-14-10-11-16(4-2)17(12-14)18(19)13-15-8-6-5-7-9-15/h5-12,18H,3-4,13H2,1-2H3.